The van der Waals surface area contributed by atoms with Gasteiger partial charge in [-0.25, -0.2) is 4.79 Å². The Bertz CT molecular complexity index is 1130. The summed E-state index contributed by atoms with van der Waals surface area (Å²) in [7, 11) is 1.36. The van der Waals surface area contributed by atoms with E-state index >= 15 is 0 Å². The minimum absolute atomic E-state index is 0.0732. The molecule has 1 atom stereocenters. The smallest absolute Gasteiger partial charge is 0.332 e. The second-order valence-electron chi connectivity index (χ2n) is 7.57. The Hall–Kier alpha value is -2.97. The van der Waals surface area contributed by atoms with Crippen molar-refractivity contribution in [2.24, 2.45) is 13.0 Å². The van der Waals surface area contributed by atoms with Gasteiger partial charge in [0.05, 0.1) is 12.6 Å². The van der Waals surface area contributed by atoms with Gasteiger partial charge in [-0.05, 0) is 22.9 Å². The van der Waals surface area contributed by atoms with Crippen LogP contribution in [0.25, 0.3) is 0 Å². The number of nitrogens with two attached hydrogens (primary N) is 1. The molecule has 0 aliphatic rings. The summed E-state index contributed by atoms with van der Waals surface area (Å²) in [6.07, 6.45) is 0. The number of rotatable bonds is 8. The summed E-state index contributed by atoms with van der Waals surface area (Å²) in [6.45, 7) is 4.11. The minimum Gasteiger partial charge on any atom is -0.384 e. The number of hydrogen-bond acceptors (Lipinski definition) is 6. The molecule has 0 amide bonds. The van der Waals surface area contributed by atoms with Crippen LogP contribution >= 0.6 is 11.3 Å². The lowest BCUT2D eigenvalue weighted by Gasteiger charge is -2.19. The number of nitrogen functional groups attached to an aromatic ring is 1. The van der Waals surface area contributed by atoms with Gasteiger partial charge in [0.1, 0.15) is 11.4 Å². The number of thiophene rings is 1. The standard InChI is InChI=1S/C22H26N4O3S/c1-14(2)13-26-20(23)18(21(28)25(3)22(26)29)16(27)12-24-19(17-10-7-11-30-17)15-8-5-4-6-9-15/h4-11,14,19,24H,12-13,23H2,1-3H3. The number of carbonyl (C=O) groups is 1. The normalized spacial score (nSPS) is 12.3. The van der Waals surface area contributed by atoms with Crippen molar-refractivity contribution in [2.45, 2.75) is 26.4 Å². The number of carbonyl (C=O) groups excluding carboxylic acids is 1. The van der Waals surface area contributed by atoms with Crippen LogP contribution in [-0.2, 0) is 13.6 Å². The number of ketones is 1. The van der Waals surface area contributed by atoms with Crippen molar-refractivity contribution >= 4 is 22.9 Å². The number of benzene rings is 1. The summed E-state index contributed by atoms with van der Waals surface area (Å²) in [5.74, 6) is -0.385. The van der Waals surface area contributed by atoms with E-state index in [1.165, 1.54) is 11.6 Å². The molecule has 7 nitrogen and oxygen atoms in total. The quantitative estimate of drug-likeness (QED) is 0.539. The zero-order chi connectivity index (χ0) is 21.8. The van der Waals surface area contributed by atoms with Crippen molar-refractivity contribution in [2.75, 3.05) is 12.3 Å². The van der Waals surface area contributed by atoms with Crippen molar-refractivity contribution in [3.8, 4) is 0 Å². The summed E-state index contributed by atoms with van der Waals surface area (Å²) >= 11 is 1.58. The Balaban J connectivity index is 1.93. The predicted octanol–water partition coefficient (Wildman–Crippen LogP) is 2.41. The van der Waals surface area contributed by atoms with Crippen molar-refractivity contribution in [1.29, 1.82) is 0 Å². The lowest BCUT2D eigenvalue weighted by molar-refractivity contribution is 0.0986. The molecule has 0 saturated heterocycles. The Morgan fingerprint density at radius 1 is 1.13 bits per heavy atom. The van der Waals surface area contributed by atoms with Crippen molar-refractivity contribution in [3.63, 3.8) is 0 Å². The Kier molecular flexibility index (Phi) is 6.69. The Morgan fingerprint density at radius 2 is 1.83 bits per heavy atom. The molecule has 0 radical (unpaired) electrons. The van der Waals surface area contributed by atoms with Crippen LogP contribution in [0.5, 0.6) is 0 Å². The van der Waals surface area contributed by atoms with Crippen LogP contribution in [0, 0.1) is 5.92 Å². The Morgan fingerprint density at radius 3 is 2.43 bits per heavy atom. The highest BCUT2D eigenvalue weighted by Crippen LogP contribution is 2.25. The van der Waals surface area contributed by atoms with E-state index < -0.39 is 17.0 Å². The topological polar surface area (TPSA) is 99.1 Å². The summed E-state index contributed by atoms with van der Waals surface area (Å²) in [4.78, 5) is 39.2. The summed E-state index contributed by atoms with van der Waals surface area (Å²) in [6, 6.07) is 13.5. The number of aromatic nitrogens is 2. The van der Waals surface area contributed by atoms with E-state index in [1.54, 1.807) is 11.3 Å². The zero-order valence-electron chi connectivity index (χ0n) is 17.3. The molecule has 0 spiro atoms. The molecule has 2 heterocycles. The monoisotopic (exact) mass is 426 g/mol. The first-order chi connectivity index (χ1) is 14.3. The van der Waals surface area contributed by atoms with Crippen LogP contribution in [0.2, 0.25) is 0 Å². The molecule has 158 valence electrons. The van der Waals surface area contributed by atoms with Crippen LogP contribution in [0.4, 0.5) is 5.82 Å². The van der Waals surface area contributed by atoms with E-state index in [9.17, 15) is 14.4 Å². The van der Waals surface area contributed by atoms with Gasteiger partial charge in [0.25, 0.3) is 5.56 Å². The molecule has 0 bridgehead atoms. The molecule has 1 aromatic carbocycles. The van der Waals surface area contributed by atoms with E-state index in [4.69, 9.17) is 5.73 Å². The van der Waals surface area contributed by atoms with E-state index in [1.807, 2.05) is 61.7 Å². The van der Waals surface area contributed by atoms with Crippen LogP contribution in [-0.4, -0.2) is 21.5 Å². The molecule has 3 N–H and O–H groups in total. The van der Waals surface area contributed by atoms with Crippen molar-refractivity contribution in [3.05, 3.63) is 84.7 Å². The molecule has 1 unspecified atom stereocenters. The van der Waals surface area contributed by atoms with Gasteiger partial charge in [0, 0.05) is 18.5 Å². The highest BCUT2D eigenvalue weighted by atomic mass is 32.1. The first kappa shape index (κ1) is 21.7. The largest absolute Gasteiger partial charge is 0.384 e. The third-order valence-corrected chi connectivity index (χ3v) is 5.77. The van der Waals surface area contributed by atoms with Crippen LogP contribution in [0.1, 0.15) is 40.7 Å². The SMILES string of the molecule is CC(C)Cn1c(N)c(C(=O)CNC(c2ccccc2)c2cccs2)c(=O)n(C)c1=O. The fourth-order valence-corrected chi connectivity index (χ4v) is 4.18. The van der Waals surface area contributed by atoms with E-state index in [2.05, 4.69) is 5.32 Å². The number of anilines is 1. The average molecular weight is 427 g/mol. The van der Waals surface area contributed by atoms with Gasteiger partial charge in [0.15, 0.2) is 5.78 Å². The average Bonchev–Trinajstić information content (AvgIpc) is 3.25. The maximum Gasteiger partial charge on any atom is 0.332 e. The molecule has 0 aliphatic heterocycles. The van der Waals surface area contributed by atoms with Gasteiger partial charge in [-0.3, -0.25) is 24.0 Å². The van der Waals surface area contributed by atoms with E-state index in [-0.39, 0.29) is 29.9 Å². The minimum atomic E-state index is -0.670. The molecule has 2 aromatic heterocycles. The zero-order valence-corrected chi connectivity index (χ0v) is 18.1. The van der Waals surface area contributed by atoms with Gasteiger partial charge in [-0.15, -0.1) is 11.3 Å². The Labute approximate surface area is 178 Å². The van der Waals surface area contributed by atoms with E-state index in [0.717, 1.165) is 15.0 Å². The summed E-state index contributed by atoms with van der Waals surface area (Å²) in [5, 5.41) is 5.23. The molecule has 3 aromatic rings. The van der Waals surface area contributed by atoms with Crippen LogP contribution in [0.15, 0.2) is 57.4 Å². The number of Topliss-reactive ketones (excluding diaryl/α,β-unsaturated/α-hetero) is 1. The molecule has 0 aliphatic carbocycles. The molecule has 8 heteroatoms. The second kappa shape index (κ2) is 9.23. The molecule has 3 rings (SSSR count). The van der Waals surface area contributed by atoms with Crippen LogP contribution < -0.4 is 22.3 Å². The van der Waals surface area contributed by atoms with Crippen molar-refractivity contribution in [1.82, 2.24) is 14.5 Å². The van der Waals surface area contributed by atoms with Crippen molar-refractivity contribution < 1.29 is 4.79 Å². The molecular formula is C22H26N4O3S. The molecular weight excluding hydrogens is 400 g/mol. The first-order valence-electron chi connectivity index (χ1n) is 9.75. The van der Waals surface area contributed by atoms with Gasteiger partial charge in [0.2, 0.25) is 0 Å². The second-order valence-corrected chi connectivity index (χ2v) is 8.55. The maximum atomic E-state index is 13.0. The molecule has 0 saturated carbocycles. The predicted molar refractivity (Wildman–Crippen MR) is 120 cm³/mol. The van der Waals surface area contributed by atoms with Gasteiger partial charge < -0.3 is 5.73 Å². The first-order valence-corrected chi connectivity index (χ1v) is 10.6. The number of nitrogens with one attached hydrogen (secondary N) is 1. The highest BCUT2D eigenvalue weighted by Gasteiger charge is 2.23. The van der Waals surface area contributed by atoms with Gasteiger partial charge >= 0.3 is 5.69 Å². The van der Waals surface area contributed by atoms with Gasteiger partial charge in [-0.2, -0.15) is 0 Å². The lowest BCUT2D eigenvalue weighted by Crippen LogP contribution is -2.44. The summed E-state index contributed by atoms with van der Waals surface area (Å²) in [5.41, 5.74) is 5.79. The fourth-order valence-electron chi connectivity index (χ4n) is 3.35. The number of nitrogens with zero attached hydrogens (tertiary/aromatic N) is 2. The third kappa shape index (κ3) is 4.44. The van der Waals surface area contributed by atoms with Crippen LogP contribution in [0.3, 0.4) is 0 Å². The maximum absolute atomic E-state index is 13.0. The third-order valence-electron chi connectivity index (χ3n) is 4.84. The molecule has 30 heavy (non-hydrogen) atoms. The molecule has 0 fully saturated rings. The lowest BCUT2D eigenvalue weighted by atomic mass is 10.0. The summed E-state index contributed by atoms with van der Waals surface area (Å²) < 4.78 is 2.24. The van der Waals surface area contributed by atoms with E-state index in [0.29, 0.717) is 6.54 Å². The fraction of sp³-hybridized carbons (Fsp3) is 0.318. The number of hydrogen-bond donors (Lipinski definition) is 2. The highest BCUT2D eigenvalue weighted by molar-refractivity contribution is 7.10. The van der Waals surface area contributed by atoms with Gasteiger partial charge in [-0.1, -0.05) is 50.2 Å².